The highest BCUT2D eigenvalue weighted by Gasteiger charge is 2.21. The van der Waals surface area contributed by atoms with Crippen LogP contribution in [0.5, 0.6) is 0 Å². The van der Waals surface area contributed by atoms with E-state index in [4.69, 9.17) is 9.47 Å². The van der Waals surface area contributed by atoms with E-state index in [9.17, 15) is 8.42 Å². The number of sulfonamides is 1. The van der Waals surface area contributed by atoms with Crippen LogP contribution in [0.25, 0.3) is 0 Å². The molecular weight excluding hydrogens is 515 g/mol. The molecule has 0 amide bonds. The molecule has 0 aliphatic carbocycles. The zero-order chi connectivity index (χ0) is 19.5. The van der Waals surface area contributed by atoms with Crippen LogP contribution >= 0.6 is 35.3 Å². The maximum atomic E-state index is 12.4. The van der Waals surface area contributed by atoms with Gasteiger partial charge in [0.2, 0.25) is 0 Å². The Morgan fingerprint density at radius 2 is 2.29 bits per heavy atom. The number of aliphatic imine (C=N–C) groups is 1. The molecule has 162 valence electrons. The molecule has 1 aliphatic heterocycles. The van der Waals surface area contributed by atoms with Gasteiger partial charge < -0.3 is 20.1 Å². The van der Waals surface area contributed by atoms with Crippen molar-refractivity contribution in [1.82, 2.24) is 14.9 Å². The Morgan fingerprint density at radius 1 is 1.46 bits per heavy atom. The fourth-order valence-corrected chi connectivity index (χ4v) is 4.88. The predicted octanol–water partition coefficient (Wildman–Crippen LogP) is 1.74. The maximum absolute atomic E-state index is 12.4. The van der Waals surface area contributed by atoms with Gasteiger partial charge in [-0.3, -0.25) is 4.99 Å². The molecule has 1 unspecified atom stereocenters. The molecule has 1 aromatic rings. The number of hydrogen-bond donors (Lipinski definition) is 2. The van der Waals surface area contributed by atoms with E-state index >= 15 is 0 Å². The summed E-state index contributed by atoms with van der Waals surface area (Å²) in [5.41, 5.74) is 0. The molecule has 2 N–H and O–H groups in total. The molecule has 0 aromatic carbocycles. The first kappa shape index (κ1) is 25.6. The van der Waals surface area contributed by atoms with Gasteiger partial charge in [-0.1, -0.05) is 6.07 Å². The van der Waals surface area contributed by atoms with Crippen LogP contribution in [-0.2, 0) is 19.5 Å². The van der Waals surface area contributed by atoms with Gasteiger partial charge >= 0.3 is 0 Å². The van der Waals surface area contributed by atoms with Gasteiger partial charge in [-0.05, 0) is 31.2 Å². The van der Waals surface area contributed by atoms with Gasteiger partial charge in [0.05, 0.1) is 12.7 Å². The highest BCUT2D eigenvalue weighted by Crippen LogP contribution is 2.19. The normalized spacial score (nSPS) is 17.5. The molecule has 0 spiro atoms. The lowest BCUT2D eigenvalue weighted by molar-refractivity contribution is 0.0424. The molecule has 0 radical (unpaired) electrons. The van der Waals surface area contributed by atoms with Crippen molar-refractivity contribution in [2.24, 2.45) is 4.99 Å². The van der Waals surface area contributed by atoms with Crippen LogP contribution in [0.1, 0.15) is 19.8 Å². The summed E-state index contributed by atoms with van der Waals surface area (Å²) in [6.07, 6.45) is 2.02. The SMILES string of the molecule is CCNC(=NCCCOC1CCOC1)NCCN(C)S(=O)(=O)c1cccs1.I. The molecule has 1 aromatic heterocycles. The fraction of sp³-hybridized carbons (Fsp3) is 0.706. The third-order valence-electron chi connectivity index (χ3n) is 4.04. The number of halogens is 1. The Balaban J connectivity index is 0.00000392. The van der Waals surface area contributed by atoms with Gasteiger partial charge in [0.1, 0.15) is 4.21 Å². The third kappa shape index (κ3) is 8.49. The van der Waals surface area contributed by atoms with Crippen molar-refractivity contribution >= 4 is 51.3 Å². The summed E-state index contributed by atoms with van der Waals surface area (Å²) in [6, 6.07) is 3.36. The van der Waals surface area contributed by atoms with Crippen molar-refractivity contribution < 1.29 is 17.9 Å². The van der Waals surface area contributed by atoms with E-state index in [1.54, 1.807) is 24.6 Å². The topological polar surface area (TPSA) is 92.3 Å². The maximum Gasteiger partial charge on any atom is 0.252 e. The summed E-state index contributed by atoms with van der Waals surface area (Å²) in [6.45, 7) is 6.35. The molecule has 2 heterocycles. The van der Waals surface area contributed by atoms with Gasteiger partial charge in [-0.25, -0.2) is 8.42 Å². The molecule has 1 saturated heterocycles. The number of guanidine groups is 1. The van der Waals surface area contributed by atoms with E-state index in [0.717, 1.165) is 26.0 Å². The standard InChI is InChI=1S/C17H30N4O4S2.HI/c1-3-18-17(19-8-5-11-25-15-7-12-24-14-15)20-9-10-21(2)27(22,23)16-6-4-13-26-16;/h4,6,13,15H,3,5,7-12,14H2,1-2H3,(H2,18,19,20);1H. The van der Waals surface area contributed by atoms with Crippen LogP contribution in [0.15, 0.2) is 26.7 Å². The summed E-state index contributed by atoms with van der Waals surface area (Å²) in [5, 5.41) is 8.11. The lowest BCUT2D eigenvalue weighted by Gasteiger charge is -2.17. The van der Waals surface area contributed by atoms with Crippen LogP contribution in [0.2, 0.25) is 0 Å². The second-order valence-electron chi connectivity index (χ2n) is 6.16. The minimum absolute atomic E-state index is 0. The average Bonchev–Trinajstić information content (AvgIpc) is 3.35. The number of hydrogen-bond acceptors (Lipinski definition) is 6. The van der Waals surface area contributed by atoms with Gasteiger partial charge in [0, 0.05) is 46.4 Å². The minimum Gasteiger partial charge on any atom is -0.379 e. The van der Waals surface area contributed by atoms with E-state index in [1.165, 1.54) is 15.6 Å². The number of ether oxygens (including phenoxy) is 2. The Morgan fingerprint density at radius 3 is 2.93 bits per heavy atom. The summed E-state index contributed by atoms with van der Waals surface area (Å²) >= 11 is 1.22. The first-order valence-corrected chi connectivity index (χ1v) is 11.6. The lowest BCUT2D eigenvalue weighted by Crippen LogP contribution is -2.42. The van der Waals surface area contributed by atoms with E-state index < -0.39 is 10.0 Å². The lowest BCUT2D eigenvalue weighted by atomic mass is 10.3. The van der Waals surface area contributed by atoms with Crippen molar-refractivity contribution in [3.63, 3.8) is 0 Å². The van der Waals surface area contributed by atoms with E-state index in [2.05, 4.69) is 15.6 Å². The molecular formula is C17H31IN4O4S2. The molecule has 11 heteroatoms. The molecule has 1 fully saturated rings. The van der Waals surface area contributed by atoms with Crippen LogP contribution in [0.3, 0.4) is 0 Å². The molecule has 0 bridgehead atoms. The summed E-state index contributed by atoms with van der Waals surface area (Å²) in [7, 11) is -1.83. The highest BCUT2D eigenvalue weighted by atomic mass is 127. The Labute approximate surface area is 189 Å². The first-order valence-electron chi connectivity index (χ1n) is 9.25. The number of thiophene rings is 1. The van der Waals surface area contributed by atoms with E-state index in [-0.39, 0.29) is 30.1 Å². The Kier molecular flexibility index (Phi) is 12.5. The van der Waals surface area contributed by atoms with Crippen LogP contribution in [0.4, 0.5) is 0 Å². The minimum atomic E-state index is -3.41. The molecule has 1 atom stereocenters. The van der Waals surface area contributed by atoms with Crippen molar-refractivity contribution in [3.05, 3.63) is 17.5 Å². The van der Waals surface area contributed by atoms with Crippen molar-refractivity contribution in [3.8, 4) is 0 Å². The van der Waals surface area contributed by atoms with Gasteiger partial charge in [0.15, 0.2) is 5.96 Å². The van der Waals surface area contributed by atoms with Crippen LogP contribution < -0.4 is 10.6 Å². The Bertz CT molecular complexity index is 665. The Hall–Kier alpha value is -0.470. The number of nitrogens with zero attached hydrogens (tertiary/aromatic N) is 2. The van der Waals surface area contributed by atoms with E-state index in [0.29, 0.717) is 43.0 Å². The molecule has 8 nitrogen and oxygen atoms in total. The number of rotatable bonds is 11. The summed E-state index contributed by atoms with van der Waals surface area (Å²) in [4.78, 5) is 4.50. The zero-order valence-electron chi connectivity index (χ0n) is 16.4. The largest absolute Gasteiger partial charge is 0.379 e. The number of likely N-dealkylation sites (N-methyl/N-ethyl adjacent to an activating group) is 1. The molecule has 28 heavy (non-hydrogen) atoms. The molecule has 1 aliphatic rings. The highest BCUT2D eigenvalue weighted by molar-refractivity contribution is 14.0. The van der Waals surface area contributed by atoms with Crippen LogP contribution in [0, 0.1) is 0 Å². The number of nitrogens with one attached hydrogen (secondary N) is 2. The fourth-order valence-electron chi connectivity index (χ4n) is 2.51. The molecule has 2 rings (SSSR count). The van der Waals surface area contributed by atoms with E-state index in [1.807, 2.05) is 6.92 Å². The van der Waals surface area contributed by atoms with Crippen molar-refractivity contribution in [2.75, 3.05) is 53.0 Å². The summed E-state index contributed by atoms with van der Waals surface area (Å²) in [5.74, 6) is 0.684. The van der Waals surface area contributed by atoms with Crippen molar-refractivity contribution in [2.45, 2.75) is 30.1 Å². The van der Waals surface area contributed by atoms with Gasteiger partial charge in [-0.2, -0.15) is 4.31 Å². The van der Waals surface area contributed by atoms with Gasteiger partial charge in [-0.15, -0.1) is 35.3 Å². The second-order valence-corrected chi connectivity index (χ2v) is 9.38. The van der Waals surface area contributed by atoms with Crippen LogP contribution in [-0.4, -0.2) is 77.8 Å². The smallest absolute Gasteiger partial charge is 0.252 e. The third-order valence-corrected chi connectivity index (χ3v) is 7.27. The second kappa shape index (κ2) is 13.7. The average molecular weight is 546 g/mol. The van der Waals surface area contributed by atoms with Gasteiger partial charge in [0.25, 0.3) is 10.0 Å². The zero-order valence-corrected chi connectivity index (χ0v) is 20.4. The monoisotopic (exact) mass is 546 g/mol. The molecule has 0 saturated carbocycles. The predicted molar refractivity (Wildman–Crippen MR) is 123 cm³/mol. The summed E-state index contributed by atoms with van der Waals surface area (Å²) < 4.78 is 37.5. The first-order chi connectivity index (χ1) is 13.0. The van der Waals surface area contributed by atoms with Crippen molar-refractivity contribution in [1.29, 1.82) is 0 Å². The quantitative estimate of drug-likeness (QED) is 0.190.